The second-order valence-corrected chi connectivity index (χ2v) is 6.86. The van der Waals surface area contributed by atoms with E-state index < -0.39 is 0 Å². The lowest BCUT2D eigenvalue weighted by atomic mass is 10.2. The number of hydrogen-bond donors (Lipinski definition) is 2. The van der Waals surface area contributed by atoms with E-state index in [2.05, 4.69) is 20.6 Å². The highest BCUT2D eigenvalue weighted by atomic mass is 35.5. The molecule has 0 fully saturated rings. The number of hydrogen-bond acceptors (Lipinski definition) is 5. The van der Waals surface area contributed by atoms with Gasteiger partial charge in [0.25, 0.3) is 5.91 Å². The van der Waals surface area contributed by atoms with Crippen LogP contribution in [0.2, 0.25) is 5.02 Å². The van der Waals surface area contributed by atoms with Gasteiger partial charge in [0, 0.05) is 16.8 Å². The molecule has 2 N–H and O–H groups in total. The number of rotatable bonds is 5. The highest BCUT2D eigenvalue weighted by Gasteiger charge is 2.14. The number of aromatic nitrogens is 2. The summed E-state index contributed by atoms with van der Waals surface area (Å²) in [7, 11) is 1.56. The van der Waals surface area contributed by atoms with Crippen LogP contribution in [0, 0.1) is 20.8 Å². The lowest BCUT2D eigenvalue weighted by molar-refractivity contribution is 0.102. The van der Waals surface area contributed by atoms with Gasteiger partial charge in [0.1, 0.15) is 23.1 Å². The number of carbonyl (C=O) groups excluding carboxylic acids is 1. The van der Waals surface area contributed by atoms with E-state index in [1.54, 1.807) is 20.1 Å². The summed E-state index contributed by atoms with van der Waals surface area (Å²) in [4.78, 5) is 21.4. The molecule has 144 valence electrons. The SMILES string of the molecule is COc1ccc(C)cc1NC(=O)c1cc(Nc2cc(Cl)ccc2C)nc(C)n1. The highest BCUT2D eigenvalue weighted by molar-refractivity contribution is 6.30. The zero-order valence-electron chi connectivity index (χ0n) is 16.1. The van der Waals surface area contributed by atoms with Crippen LogP contribution >= 0.6 is 11.6 Å². The van der Waals surface area contributed by atoms with Crippen molar-refractivity contribution >= 4 is 34.7 Å². The summed E-state index contributed by atoms with van der Waals surface area (Å²) in [6.07, 6.45) is 0. The van der Waals surface area contributed by atoms with Crippen molar-refractivity contribution < 1.29 is 9.53 Å². The van der Waals surface area contributed by atoms with Gasteiger partial charge < -0.3 is 15.4 Å². The van der Waals surface area contributed by atoms with Gasteiger partial charge in [-0.2, -0.15) is 0 Å². The molecule has 7 heteroatoms. The number of nitrogens with one attached hydrogen (secondary N) is 2. The van der Waals surface area contributed by atoms with Crippen LogP contribution in [-0.4, -0.2) is 23.0 Å². The minimum absolute atomic E-state index is 0.248. The van der Waals surface area contributed by atoms with E-state index in [0.717, 1.165) is 16.8 Å². The molecule has 0 aliphatic heterocycles. The van der Waals surface area contributed by atoms with E-state index in [1.807, 2.05) is 50.2 Å². The van der Waals surface area contributed by atoms with Crippen molar-refractivity contribution in [2.75, 3.05) is 17.7 Å². The minimum atomic E-state index is -0.347. The van der Waals surface area contributed by atoms with E-state index in [9.17, 15) is 4.79 Å². The van der Waals surface area contributed by atoms with Crippen LogP contribution in [0.15, 0.2) is 42.5 Å². The Morgan fingerprint density at radius 3 is 2.54 bits per heavy atom. The molecule has 0 atom stereocenters. The molecular weight excluding hydrogens is 376 g/mol. The smallest absolute Gasteiger partial charge is 0.274 e. The molecule has 0 radical (unpaired) electrons. The van der Waals surface area contributed by atoms with Crippen molar-refractivity contribution in [2.45, 2.75) is 20.8 Å². The van der Waals surface area contributed by atoms with Crippen LogP contribution in [0.3, 0.4) is 0 Å². The number of halogens is 1. The molecule has 0 aliphatic carbocycles. The molecule has 1 aromatic heterocycles. The van der Waals surface area contributed by atoms with Crippen molar-refractivity contribution in [3.05, 3.63) is 70.1 Å². The number of aryl methyl sites for hydroxylation is 3. The van der Waals surface area contributed by atoms with Crippen molar-refractivity contribution in [1.29, 1.82) is 0 Å². The van der Waals surface area contributed by atoms with E-state index in [0.29, 0.717) is 28.1 Å². The Morgan fingerprint density at radius 1 is 1.00 bits per heavy atom. The standard InChI is InChI=1S/C21H21ClN4O2/c1-12-5-8-19(28-4)17(9-12)26-21(27)18-11-20(24-14(3)23-18)25-16-10-15(22)7-6-13(16)2/h5-11H,1-4H3,(H,26,27)(H,23,24,25). The number of nitrogens with zero attached hydrogens (tertiary/aromatic N) is 2. The number of anilines is 3. The largest absolute Gasteiger partial charge is 0.495 e. The molecule has 1 heterocycles. The van der Waals surface area contributed by atoms with Crippen LogP contribution in [0.1, 0.15) is 27.4 Å². The van der Waals surface area contributed by atoms with Gasteiger partial charge in [0.2, 0.25) is 0 Å². The van der Waals surface area contributed by atoms with Gasteiger partial charge in [-0.05, 0) is 56.2 Å². The number of carbonyl (C=O) groups is 1. The molecule has 3 rings (SSSR count). The van der Waals surface area contributed by atoms with Crippen LogP contribution in [0.25, 0.3) is 0 Å². The molecule has 28 heavy (non-hydrogen) atoms. The van der Waals surface area contributed by atoms with Crippen molar-refractivity contribution in [2.24, 2.45) is 0 Å². The van der Waals surface area contributed by atoms with Crippen molar-refractivity contribution in [3.8, 4) is 5.75 Å². The Balaban J connectivity index is 1.88. The lowest BCUT2D eigenvalue weighted by Gasteiger charge is -2.13. The predicted octanol–water partition coefficient (Wildman–Crippen LogP) is 5.06. The molecule has 0 saturated carbocycles. The number of benzene rings is 2. The number of amides is 1. The van der Waals surface area contributed by atoms with Crippen LogP contribution < -0.4 is 15.4 Å². The zero-order chi connectivity index (χ0) is 20.3. The average Bonchev–Trinajstić information content (AvgIpc) is 2.64. The van der Waals surface area contributed by atoms with Gasteiger partial charge in [-0.25, -0.2) is 9.97 Å². The average molecular weight is 397 g/mol. The Bertz CT molecular complexity index is 1040. The van der Waals surface area contributed by atoms with Crippen molar-refractivity contribution in [3.63, 3.8) is 0 Å². The Morgan fingerprint density at radius 2 is 1.79 bits per heavy atom. The fraction of sp³-hybridized carbons (Fsp3) is 0.190. The monoisotopic (exact) mass is 396 g/mol. The van der Waals surface area contributed by atoms with Crippen LogP contribution in [0.5, 0.6) is 5.75 Å². The first kappa shape index (κ1) is 19.6. The molecule has 1 amide bonds. The van der Waals surface area contributed by atoms with Crippen LogP contribution in [0.4, 0.5) is 17.2 Å². The molecule has 0 bridgehead atoms. The maximum absolute atomic E-state index is 12.8. The fourth-order valence-corrected chi connectivity index (χ4v) is 2.89. The molecule has 3 aromatic rings. The number of ether oxygens (including phenoxy) is 1. The van der Waals surface area contributed by atoms with Gasteiger partial charge in [0.15, 0.2) is 0 Å². The number of methoxy groups -OCH3 is 1. The van der Waals surface area contributed by atoms with Gasteiger partial charge in [-0.3, -0.25) is 4.79 Å². The van der Waals surface area contributed by atoms with Gasteiger partial charge in [-0.1, -0.05) is 23.7 Å². The van der Waals surface area contributed by atoms with Gasteiger partial charge >= 0.3 is 0 Å². The first-order valence-corrected chi connectivity index (χ1v) is 9.08. The Kier molecular flexibility index (Phi) is 5.80. The molecule has 2 aromatic carbocycles. The summed E-state index contributed by atoms with van der Waals surface area (Å²) in [5, 5.41) is 6.67. The third-order valence-corrected chi connectivity index (χ3v) is 4.37. The Labute approximate surface area is 168 Å². The normalized spacial score (nSPS) is 10.5. The summed E-state index contributed by atoms with van der Waals surface area (Å²) in [6.45, 7) is 5.64. The third kappa shape index (κ3) is 4.58. The van der Waals surface area contributed by atoms with Crippen molar-refractivity contribution in [1.82, 2.24) is 9.97 Å². The lowest BCUT2D eigenvalue weighted by Crippen LogP contribution is -2.16. The molecule has 0 spiro atoms. The molecule has 0 aliphatic rings. The molecular formula is C21H21ClN4O2. The van der Waals surface area contributed by atoms with E-state index in [4.69, 9.17) is 16.3 Å². The quantitative estimate of drug-likeness (QED) is 0.630. The highest BCUT2D eigenvalue weighted by Crippen LogP contribution is 2.26. The van der Waals surface area contributed by atoms with Crippen LogP contribution in [-0.2, 0) is 0 Å². The first-order valence-electron chi connectivity index (χ1n) is 8.70. The Hall–Kier alpha value is -3.12. The molecule has 0 unspecified atom stereocenters. The summed E-state index contributed by atoms with van der Waals surface area (Å²) < 4.78 is 5.32. The topological polar surface area (TPSA) is 76.1 Å². The summed E-state index contributed by atoms with van der Waals surface area (Å²) in [6, 6.07) is 12.7. The summed E-state index contributed by atoms with van der Waals surface area (Å²) in [5.74, 6) is 1.23. The summed E-state index contributed by atoms with van der Waals surface area (Å²) >= 11 is 6.08. The fourth-order valence-electron chi connectivity index (χ4n) is 2.72. The van der Waals surface area contributed by atoms with E-state index in [-0.39, 0.29) is 11.6 Å². The third-order valence-electron chi connectivity index (χ3n) is 4.14. The first-order chi connectivity index (χ1) is 13.4. The maximum Gasteiger partial charge on any atom is 0.274 e. The second-order valence-electron chi connectivity index (χ2n) is 6.43. The molecule has 6 nitrogen and oxygen atoms in total. The van der Waals surface area contributed by atoms with Gasteiger partial charge in [-0.15, -0.1) is 0 Å². The minimum Gasteiger partial charge on any atom is -0.495 e. The van der Waals surface area contributed by atoms with E-state index in [1.165, 1.54) is 0 Å². The second kappa shape index (κ2) is 8.27. The van der Waals surface area contributed by atoms with E-state index >= 15 is 0 Å². The zero-order valence-corrected chi connectivity index (χ0v) is 16.9. The van der Waals surface area contributed by atoms with Gasteiger partial charge in [0.05, 0.1) is 12.8 Å². The maximum atomic E-state index is 12.8. The summed E-state index contributed by atoms with van der Waals surface area (Å²) in [5.41, 5.74) is 3.67. The molecule has 0 saturated heterocycles. The predicted molar refractivity (Wildman–Crippen MR) is 112 cm³/mol.